The Kier molecular flexibility index (Phi) is 2.80. The highest BCUT2D eigenvalue weighted by molar-refractivity contribution is 5.52. The van der Waals surface area contributed by atoms with Gasteiger partial charge < -0.3 is 10.3 Å². The van der Waals surface area contributed by atoms with Crippen LogP contribution in [-0.4, -0.2) is 20.5 Å². The Labute approximate surface area is 107 Å². The van der Waals surface area contributed by atoms with Gasteiger partial charge in [0.05, 0.1) is 6.33 Å². The third kappa shape index (κ3) is 1.99. The first-order chi connectivity index (χ1) is 8.74. The highest BCUT2D eigenvalue weighted by Gasteiger charge is 2.24. The Morgan fingerprint density at radius 3 is 3.00 bits per heavy atom. The summed E-state index contributed by atoms with van der Waals surface area (Å²) in [5, 5.41) is 0. The van der Waals surface area contributed by atoms with E-state index in [9.17, 15) is 0 Å². The first kappa shape index (κ1) is 11.3. The molecule has 0 saturated carbocycles. The van der Waals surface area contributed by atoms with Crippen molar-refractivity contribution in [3.05, 3.63) is 48.0 Å². The normalized spacial score (nSPS) is 16.7. The Hall–Kier alpha value is -1.81. The van der Waals surface area contributed by atoms with Gasteiger partial charge in [0.25, 0.3) is 0 Å². The molecular formula is C14H18N4. The van der Waals surface area contributed by atoms with Crippen LogP contribution in [0.3, 0.4) is 0 Å². The van der Waals surface area contributed by atoms with E-state index in [4.69, 9.17) is 5.73 Å². The van der Waals surface area contributed by atoms with E-state index in [0.29, 0.717) is 6.04 Å². The Bertz CT molecular complexity index is 533. The lowest BCUT2D eigenvalue weighted by molar-refractivity contribution is 0.194. The highest BCUT2D eigenvalue weighted by atomic mass is 15.2. The molecule has 0 saturated heterocycles. The zero-order valence-corrected chi connectivity index (χ0v) is 10.6. The zero-order chi connectivity index (χ0) is 12.5. The van der Waals surface area contributed by atoms with Crippen molar-refractivity contribution in [3.63, 3.8) is 0 Å². The van der Waals surface area contributed by atoms with Crippen molar-refractivity contribution < 1.29 is 0 Å². The van der Waals surface area contributed by atoms with Crippen LogP contribution in [0.15, 0.2) is 36.9 Å². The number of aromatic nitrogens is 2. The number of hydrogen-bond donors (Lipinski definition) is 1. The van der Waals surface area contributed by atoms with Gasteiger partial charge >= 0.3 is 0 Å². The largest absolute Gasteiger partial charge is 0.398 e. The van der Waals surface area contributed by atoms with E-state index < -0.39 is 0 Å². The van der Waals surface area contributed by atoms with E-state index in [2.05, 4.69) is 27.4 Å². The maximum Gasteiger partial charge on any atom is 0.0946 e. The van der Waals surface area contributed by atoms with E-state index in [0.717, 1.165) is 25.3 Å². The second kappa shape index (κ2) is 4.46. The average molecular weight is 242 g/mol. The number of rotatable bonds is 3. The fourth-order valence-electron chi connectivity index (χ4n) is 2.60. The molecule has 2 N–H and O–H groups in total. The minimum Gasteiger partial charge on any atom is -0.398 e. The maximum atomic E-state index is 6.03. The molecule has 94 valence electrons. The topological polar surface area (TPSA) is 47.1 Å². The summed E-state index contributed by atoms with van der Waals surface area (Å²) >= 11 is 0. The Morgan fingerprint density at radius 2 is 2.28 bits per heavy atom. The summed E-state index contributed by atoms with van der Waals surface area (Å²) in [5.74, 6) is 0. The third-order valence-electron chi connectivity index (χ3n) is 3.70. The molecule has 0 bridgehead atoms. The van der Waals surface area contributed by atoms with Crippen molar-refractivity contribution in [2.45, 2.75) is 32.6 Å². The summed E-state index contributed by atoms with van der Waals surface area (Å²) in [6, 6.07) is 6.68. The van der Waals surface area contributed by atoms with Gasteiger partial charge in [0.1, 0.15) is 0 Å². The van der Waals surface area contributed by atoms with Crippen LogP contribution in [0.5, 0.6) is 0 Å². The average Bonchev–Trinajstić information content (AvgIpc) is 2.97. The molecule has 2 aromatic rings. The monoisotopic (exact) mass is 242 g/mol. The Balaban J connectivity index is 1.72. The lowest BCUT2D eigenvalue weighted by Crippen LogP contribution is -2.31. The smallest absolute Gasteiger partial charge is 0.0946 e. The first-order valence-corrected chi connectivity index (χ1v) is 6.30. The second-order valence-electron chi connectivity index (χ2n) is 5.00. The minimum absolute atomic E-state index is 0.478. The molecule has 1 unspecified atom stereocenters. The summed E-state index contributed by atoms with van der Waals surface area (Å²) in [7, 11) is 0. The molecule has 1 atom stereocenters. The molecule has 2 heterocycles. The van der Waals surface area contributed by atoms with E-state index in [-0.39, 0.29) is 0 Å². The van der Waals surface area contributed by atoms with Gasteiger partial charge in [-0.2, -0.15) is 0 Å². The van der Waals surface area contributed by atoms with Gasteiger partial charge in [-0.05, 0) is 24.1 Å². The molecule has 4 nitrogen and oxygen atoms in total. The van der Waals surface area contributed by atoms with Crippen LogP contribution in [0.4, 0.5) is 5.69 Å². The number of anilines is 1. The lowest BCUT2D eigenvalue weighted by atomic mass is 10.1. The third-order valence-corrected chi connectivity index (χ3v) is 3.70. The molecule has 0 spiro atoms. The molecule has 1 aliphatic heterocycles. The van der Waals surface area contributed by atoms with Gasteiger partial charge in [-0.15, -0.1) is 0 Å². The fraction of sp³-hybridized carbons (Fsp3) is 0.357. The summed E-state index contributed by atoms with van der Waals surface area (Å²) in [6.07, 6.45) is 5.70. The second-order valence-corrected chi connectivity index (χ2v) is 5.00. The van der Waals surface area contributed by atoms with Crippen molar-refractivity contribution in [2.24, 2.45) is 0 Å². The maximum absolute atomic E-state index is 6.03. The van der Waals surface area contributed by atoms with Gasteiger partial charge in [0.2, 0.25) is 0 Å². The summed E-state index contributed by atoms with van der Waals surface area (Å²) in [6.45, 7) is 5.17. The van der Waals surface area contributed by atoms with Crippen molar-refractivity contribution in [2.75, 3.05) is 5.73 Å². The van der Waals surface area contributed by atoms with Crippen molar-refractivity contribution >= 4 is 5.69 Å². The summed E-state index contributed by atoms with van der Waals surface area (Å²) in [5.41, 5.74) is 9.62. The minimum atomic E-state index is 0.478. The fourth-order valence-corrected chi connectivity index (χ4v) is 2.60. The van der Waals surface area contributed by atoms with Crippen molar-refractivity contribution in [1.82, 2.24) is 14.5 Å². The molecule has 0 radical (unpaired) electrons. The van der Waals surface area contributed by atoms with Crippen LogP contribution in [0.1, 0.15) is 18.1 Å². The van der Waals surface area contributed by atoms with Gasteiger partial charge in [-0.3, -0.25) is 4.90 Å². The number of nitrogen functional groups attached to an aromatic ring is 1. The van der Waals surface area contributed by atoms with Crippen LogP contribution in [0.25, 0.3) is 0 Å². The quantitative estimate of drug-likeness (QED) is 0.836. The van der Waals surface area contributed by atoms with E-state index in [1.165, 1.54) is 11.1 Å². The molecule has 4 heteroatoms. The van der Waals surface area contributed by atoms with Gasteiger partial charge in [0.15, 0.2) is 0 Å². The first-order valence-electron chi connectivity index (χ1n) is 6.30. The summed E-state index contributed by atoms with van der Waals surface area (Å²) in [4.78, 5) is 6.54. The van der Waals surface area contributed by atoms with Crippen LogP contribution in [-0.2, 0) is 19.6 Å². The van der Waals surface area contributed by atoms with Gasteiger partial charge in [-0.25, -0.2) is 4.98 Å². The van der Waals surface area contributed by atoms with Crippen LogP contribution >= 0.6 is 0 Å². The molecule has 1 aliphatic rings. The van der Waals surface area contributed by atoms with E-state index in [1.807, 2.05) is 30.9 Å². The number of benzene rings is 1. The molecule has 1 aromatic heterocycles. The van der Waals surface area contributed by atoms with E-state index >= 15 is 0 Å². The summed E-state index contributed by atoms with van der Waals surface area (Å²) < 4.78 is 2.12. The molecule has 1 aromatic carbocycles. The molecule has 0 aliphatic carbocycles. The van der Waals surface area contributed by atoms with Crippen LogP contribution in [0, 0.1) is 0 Å². The Morgan fingerprint density at radius 1 is 1.39 bits per heavy atom. The zero-order valence-electron chi connectivity index (χ0n) is 10.6. The number of hydrogen-bond acceptors (Lipinski definition) is 3. The predicted molar refractivity (Wildman–Crippen MR) is 71.8 cm³/mol. The number of nitrogens with two attached hydrogens (primary N) is 1. The lowest BCUT2D eigenvalue weighted by Gasteiger charge is -2.24. The number of fused-ring (bicyclic) bond motifs is 1. The van der Waals surface area contributed by atoms with Gasteiger partial charge in [-0.1, -0.05) is 12.1 Å². The predicted octanol–water partition coefficient (Wildman–Crippen LogP) is 1.87. The standard InChI is InChI=1S/C14H18N4/c1-11(7-17-6-5-16-10-17)18-8-12-3-2-4-14(15)13(12)9-18/h2-6,10-11H,7-9,15H2,1H3. The SMILES string of the molecule is CC(Cn1ccnc1)N1Cc2cccc(N)c2C1. The van der Waals surface area contributed by atoms with Gasteiger partial charge in [0, 0.05) is 43.8 Å². The molecule has 0 fully saturated rings. The molecule has 3 rings (SSSR count). The van der Waals surface area contributed by atoms with Crippen molar-refractivity contribution in [3.8, 4) is 0 Å². The van der Waals surface area contributed by atoms with Crippen molar-refractivity contribution in [1.29, 1.82) is 0 Å². The number of imidazole rings is 1. The highest BCUT2D eigenvalue weighted by Crippen LogP contribution is 2.28. The van der Waals surface area contributed by atoms with Crippen LogP contribution in [0.2, 0.25) is 0 Å². The molecular weight excluding hydrogens is 224 g/mol. The molecule has 0 amide bonds. The molecule has 18 heavy (non-hydrogen) atoms. The van der Waals surface area contributed by atoms with Crippen LogP contribution < -0.4 is 5.73 Å². The number of nitrogens with zero attached hydrogens (tertiary/aromatic N) is 3. The van der Waals surface area contributed by atoms with E-state index in [1.54, 1.807) is 0 Å².